The van der Waals surface area contributed by atoms with Crippen LogP contribution in [-0.4, -0.2) is 34.7 Å². The summed E-state index contributed by atoms with van der Waals surface area (Å²) < 4.78 is 0. The van der Waals surface area contributed by atoms with Crippen LogP contribution in [0.25, 0.3) is 0 Å². The fourth-order valence-electron chi connectivity index (χ4n) is 2.99. The molecule has 0 saturated carbocycles. The van der Waals surface area contributed by atoms with Gasteiger partial charge in [-0.3, -0.25) is 19.5 Å². The first kappa shape index (κ1) is 17.7. The summed E-state index contributed by atoms with van der Waals surface area (Å²) >= 11 is 0. The Morgan fingerprint density at radius 2 is 1.58 bits per heavy atom. The molecule has 1 aliphatic heterocycles. The van der Waals surface area contributed by atoms with Crippen LogP contribution in [0.15, 0.2) is 59.6 Å². The molecule has 3 rings (SSSR count). The van der Waals surface area contributed by atoms with Crippen LogP contribution in [0.5, 0.6) is 0 Å². The molecule has 1 heterocycles. The van der Waals surface area contributed by atoms with E-state index in [0.29, 0.717) is 23.3 Å². The quantitative estimate of drug-likeness (QED) is 0.635. The van der Waals surface area contributed by atoms with Gasteiger partial charge < -0.3 is 5.41 Å². The smallest absolute Gasteiger partial charge is 0.262 e. The minimum absolute atomic E-state index is 0.214. The van der Waals surface area contributed by atoms with Crippen molar-refractivity contribution in [2.45, 2.75) is 32.4 Å². The van der Waals surface area contributed by atoms with E-state index in [2.05, 4.69) is 4.99 Å². The summed E-state index contributed by atoms with van der Waals surface area (Å²) in [6, 6.07) is 15.8. The molecule has 5 heteroatoms. The van der Waals surface area contributed by atoms with Gasteiger partial charge in [-0.05, 0) is 31.5 Å². The maximum absolute atomic E-state index is 12.9. The average Bonchev–Trinajstić information content (AvgIpc) is 2.91. The lowest BCUT2D eigenvalue weighted by atomic mass is 10.0. The summed E-state index contributed by atoms with van der Waals surface area (Å²) in [4.78, 5) is 31.4. The van der Waals surface area contributed by atoms with Crippen molar-refractivity contribution < 1.29 is 9.59 Å². The molecule has 0 fully saturated rings. The highest BCUT2D eigenvalue weighted by atomic mass is 16.2. The highest BCUT2D eigenvalue weighted by Crippen LogP contribution is 2.32. The zero-order valence-electron chi connectivity index (χ0n) is 14.8. The summed E-state index contributed by atoms with van der Waals surface area (Å²) in [6.07, 6.45) is 2.12. The summed E-state index contributed by atoms with van der Waals surface area (Å²) in [7, 11) is 0. The summed E-state index contributed by atoms with van der Waals surface area (Å²) in [5.41, 5.74) is 2.24. The first-order valence-electron chi connectivity index (χ1n) is 8.59. The van der Waals surface area contributed by atoms with Crippen LogP contribution in [0.3, 0.4) is 0 Å². The van der Waals surface area contributed by atoms with Gasteiger partial charge in [0.2, 0.25) is 0 Å². The molecule has 1 aliphatic rings. The molecular formula is C21H21N3O2. The van der Waals surface area contributed by atoms with Crippen molar-refractivity contribution >= 4 is 23.7 Å². The number of amides is 2. The second kappa shape index (κ2) is 7.44. The summed E-state index contributed by atoms with van der Waals surface area (Å²) in [5.74, 6) is -0.548. The van der Waals surface area contributed by atoms with Crippen molar-refractivity contribution in [3.8, 4) is 0 Å². The Morgan fingerprint density at radius 1 is 1.04 bits per heavy atom. The number of hydrogen-bond acceptors (Lipinski definition) is 4. The molecule has 5 nitrogen and oxygen atoms in total. The average molecular weight is 347 g/mol. The molecule has 0 bridgehead atoms. The number of benzene rings is 2. The fraction of sp³-hybridized carbons (Fsp3) is 0.238. The number of hydrogen-bond donors (Lipinski definition) is 1. The van der Waals surface area contributed by atoms with E-state index in [0.717, 1.165) is 5.56 Å². The lowest BCUT2D eigenvalue weighted by Crippen LogP contribution is -2.34. The van der Waals surface area contributed by atoms with E-state index in [1.54, 1.807) is 37.4 Å². The lowest BCUT2D eigenvalue weighted by molar-refractivity contribution is 0.0587. The number of rotatable bonds is 6. The normalized spacial score (nSPS) is 16.0. The van der Waals surface area contributed by atoms with E-state index < -0.39 is 6.04 Å². The number of imide groups is 1. The third-order valence-corrected chi connectivity index (χ3v) is 4.61. The third kappa shape index (κ3) is 3.33. The Hall–Kier alpha value is -3.08. The van der Waals surface area contributed by atoms with Crippen LogP contribution in [0.4, 0.5) is 0 Å². The predicted molar refractivity (Wildman–Crippen MR) is 102 cm³/mol. The number of nitrogens with one attached hydrogen (secondary N) is 1. The van der Waals surface area contributed by atoms with Crippen molar-refractivity contribution in [2.75, 3.05) is 0 Å². The molecule has 0 aliphatic carbocycles. The van der Waals surface area contributed by atoms with Crippen LogP contribution >= 0.6 is 0 Å². The van der Waals surface area contributed by atoms with Crippen molar-refractivity contribution in [2.24, 2.45) is 4.99 Å². The van der Waals surface area contributed by atoms with Crippen molar-refractivity contribution in [1.82, 2.24) is 4.90 Å². The van der Waals surface area contributed by atoms with Crippen molar-refractivity contribution in [3.63, 3.8) is 0 Å². The molecule has 2 aromatic rings. The SMILES string of the molecule is CC(=N)C(C)N=CCC(c1ccccc1)N1C(=O)c2ccccc2C1=O. The molecule has 0 aromatic heterocycles. The van der Waals surface area contributed by atoms with E-state index in [-0.39, 0.29) is 17.9 Å². The maximum Gasteiger partial charge on any atom is 0.262 e. The summed E-state index contributed by atoms with van der Waals surface area (Å²) in [5, 5.41) is 7.64. The second-order valence-corrected chi connectivity index (χ2v) is 6.38. The van der Waals surface area contributed by atoms with Crippen molar-refractivity contribution in [3.05, 3.63) is 71.3 Å². The fourth-order valence-corrected chi connectivity index (χ4v) is 2.99. The van der Waals surface area contributed by atoms with Gasteiger partial charge in [0.05, 0.1) is 23.2 Å². The molecule has 0 spiro atoms. The van der Waals surface area contributed by atoms with Crippen LogP contribution in [0.1, 0.15) is 52.6 Å². The number of fused-ring (bicyclic) bond motifs is 1. The van der Waals surface area contributed by atoms with E-state index in [4.69, 9.17) is 5.41 Å². The molecule has 0 radical (unpaired) electrons. The minimum Gasteiger partial charge on any atom is -0.308 e. The highest BCUT2D eigenvalue weighted by molar-refractivity contribution is 6.21. The van der Waals surface area contributed by atoms with Gasteiger partial charge >= 0.3 is 0 Å². The molecule has 2 amide bonds. The number of carbonyl (C=O) groups is 2. The van der Waals surface area contributed by atoms with Gasteiger partial charge in [-0.1, -0.05) is 42.5 Å². The van der Waals surface area contributed by atoms with Crippen LogP contribution in [-0.2, 0) is 0 Å². The standard InChI is InChI=1S/C21H21N3O2/c1-14(22)15(2)23-13-12-19(16-8-4-3-5-9-16)24-20(25)17-10-6-7-11-18(17)21(24)26/h3-11,13,15,19,22H,12H2,1-2H3. The molecule has 0 saturated heterocycles. The van der Waals surface area contributed by atoms with E-state index in [1.165, 1.54) is 4.90 Å². The Balaban J connectivity index is 1.93. The van der Waals surface area contributed by atoms with Crippen molar-refractivity contribution in [1.29, 1.82) is 5.41 Å². The number of nitrogens with zero attached hydrogens (tertiary/aromatic N) is 2. The third-order valence-electron chi connectivity index (χ3n) is 4.61. The molecule has 26 heavy (non-hydrogen) atoms. The molecule has 2 aromatic carbocycles. The van der Waals surface area contributed by atoms with Crippen LogP contribution < -0.4 is 0 Å². The first-order chi connectivity index (χ1) is 12.5. The zero-order valence-corrected chi connectivity index (χ0v) is 14.8. The number of aliphatic imine (C=N–C) groups is 1. The van der Waals surface area contributed by atoms with Gasteiger partial charge in [0.1, 0.15) is 0 Å². The van der Waals surface area contributed by atoms with Gasteiger partial charge in [0.15, 0.2) is 0 Å². The first-order valence-corrected chi connectivity index (χ1v) is 8.59. The molecule has 2 atom stereocenters. The monoisotopic (exact) mass is 347 g/mol. The van der Waals surface area contributed by atoms with Gasteiger partial charge in [-0.15, -0.1) is 0 Å². The van der Waals surface area contributed by atoms with E-state index >= 15 is 0 Å². The zero-order chi connectivity index (χ0) is 18.7. The van der Waals surface area contributed by atoms with Gasteiger partial charge in [-0.25, -0.2) is 0 Å². The maximum atomic E-state index is 12.9. The lowest BCUT2D eigenvalue weighted by Gasteiger charge is -2.25. The van der Waals surface area contributed by atoms with Gasteiger partial charge in [-0.2, -0.15) is 0 Å². The Bertz CT molecular complexity index is 839. The number of carbonyl (C=O) groups excluding carboxylic acids is 2. The molecular weight excluding hydrogens is 326 g/mol. The van der Waals surface area contributed by atoms with E-state index in [9.17, 15) is 9.59 Å². The Morgan fingerprint density at radius 3 is 2.12 bits per heavy atom. The van der Waals surface area contributed by atoms with E-state index in [1.807, 2.05) is 37.3 Å². The largest absolute Gasteiger partial charge is 0.308 e. The van der Waals surface area contributed by atoms with Gasteiger partial charge in [0.25, 0.3) is 11.8 Å². The molecule has 1 N–H and O–H groups in total. The predicted octanol–water partition coefficient (Wildman–Crippen LogP) is 3.91. The second-order valence-electron chi connectivity index (χ2n) is 6.38. The Labute approximate surface area is 152 Å². The highest BCUT2D eigenvalue weighted by Gasteiger charge is 2.39. The van der Waals surface area contributed by atoms with Crippen LogP contribution in [0.2, 0.25) is 0 Å². The summed E-state index contributed by atoms with van der Waals surface area (Å²) in [6.45, 7) is 3.55. The Kier molecular flexibility index (Phi) is 5.07. The minimum atomic E-state index is -0.425. The topological polar surface area (TPSA) is 73.6 Å². The van der Waals surface area contributed by atoms with Crippen LogP contribution in [0, 0.1) is 5.41 Å². The van der Waals surface area contributed by atoms with Gasteiger partial charge in [0, 0.05) is 18.3 Å². The molecule has 2 unspecified atom stereocenters. The molecule has 132 valence electrons.